The van der Waals surface area contributed by atoms with Gasteiger partial charge in [0.2, 0.25) is 0 Å². The Balaban J connectivity index is 1.84. The van der Waals surface area contributed by atoms with Gasteiger partial charge in [0.05, 0.1) is 14.2 Å². The van der Waals surface area contributed by atoms with E-state index in [4.69, 9.17) is 9.47 Å². The summed E-state index contributed by atoms with van der Waals surface area (Å²) in [7, 11) is 3.28. The van der Waals surface area contributed by atoms with Crippen molar-refractivity contribution in [3.63, 3.8) is 0 Å². The molecule has 0 N–H and O–H groups in total. The highest BCUT2D eigenvalue weighted by Gasteiger charge is 2.17. The van der Waals surface area contributed by atoms with Gasteiger partial charge in [0.1, 0.15) is 11.5 Å². The maximum Gasteiger partial charge on any atom is 0.254 e. The van der Waals surface area contributed by atoms with Gasteiger partial charge in [-0.1, -0.05) is 40.2 Å². The van der Waals surface area contributed by atoms with E-state index in [1.54, 1.807) is 14.2 Å². The average molecular weight is 440 g/mol. The molecule has 0 atom stereocenters. The van der Waals surface area contributed by atoms with Crippen LogP contribution in [0.4, 0.5) is 0 Å². The summed E-state index contributed by atoms with van der Waals surface area (Å²) in [5.41, 5.74) is 2.74. The Hall–Kier alpha value is -2.79. The van der Waals surface area contributed by atoms with Crippen molar-refractivity contribution in [1.29, 1.82) is 0 Å². The van der Waals surface area contributed by atoms with Gasteiger partial charge in [-0.25, -0.2) is 0 Å². The van der Waals surface area contributed by atoms with Crippen molar-refractivity contribution >= 4 is 21.8 Å². The number of carbonyl (C=O) groups excluding carboxylic acids is 1. The van der Waals surface area contributed by atoms with E-state index in [-0.39, 0.29) is 5.91 Å². The molecular formula is C23H22BrNO3. The molecule has 0 saturated heterocycles. The summed E-state index contributed by atoms with van der Waals surface area (Å²) in [6, 6.07) is 23.0. The summed E-state index contributed by atoms with van der Waals surface area (Å²) in [5, 5.41) is 0. The second kappa shape index (κ2) is 9.42. The zero-order valence-corrected chi connectivity index (χ0v) is 17.5. The SMILES string of the molecule is COc1ccc(CN(Cc2ccc(OC)cc2)C(=O)c2ccc(Br)cc2)cc1. The first kappa shape index (κ1) is 20.0. The summed E-state index contributed by atoms with van der Waals surface area (Å²) in [5.74, 6) is 1.58. The lowest BCUT2D eigenvalue weighted by Crippen LogP contribution is -2.30. The molecule has 0 aromatic heterocycles. The number of hydrogen-bond acceptors (Lipinski definition) is 3. The van der Waals surface area contributed by atoms with Crippen molar-refractivity contribution in [3.05, 3.63) is 94.0 Å². The van der Waals surface area contributed by atoms with Gasteiger partial charge in [-0.3, -0.25) is 4.79 Å². The molecule has 5 heteroatoms. The number of benzene rings is 3. The molecule has 144 valence electrons. The fourth-order valence-corrected chi connectivity index (χ4v) is 3.14. The van der Waals surface area contributed by atoms with Crippen LogP contribution >= 0.6 is 15.9 Å². The number of rotatable bonds is 7. The minimum Gasteiger partial charge on any atom is -0.497 e. The molecule has 0 aliphatic rings. The molecule has 0 aliphatic heterocycles. The van der Waals surface area contributed by atoms with E-state index >= 15 is 0 Å². The van der Waals surface area contributed by atoms with Crippen LogP contribution in [0.15, 0.2) is 77.3 Å². The lowest BCUT2D eigenvalue weighted by atomic mass is 10.1. The molecule has 0 fully saturated rings. The van der Waals surface area contributed by atoms with E-state index in [1.165, 1.54) is 0 Å². The van der Waals surface area contributed by atoms with Gasteiger partial charge < -0.3 is 14.4 Å². The number of amides is 1. The third-order valence-corrected chi connectivity index (χ3v) is 4.97. The topological polar surface area (TPSA) is 38.8 Å². The predicted molar refractivity (Wildman–Crippen MR) is 114 cm³/mol. The van der Waals surface area contributed by atoms with E-state index in [0.29, 0.717) is 18.7 Å². The van der Waals surface area contributed by atoms with Crippen molar-refractivity contribution in [3.8, 4) is 11.5 Å². The second-order valence-corrected chi connectivity index (χ2v) is 7.28. The summed E-state index contributed by atoms with van der Waals surface area (Å²) in [6.07, 6.45) is 0. The summed E-state index contributed by atoms with van der Waals surface area (Å²) in [4.78, 5) is 15.0. The van der Waals surface area contributed by atoms with Gasteiger partial charge in [0.15, 0.2) is 0 Å². The van der Waals surface area contributed by atoms with Crippen LogP contribution in [0, 0.1) is 0 Å². The predicted octanol–water partition coefficient (Wildman–Crippen LogP) is 5.31. The Morgan fingerprint density at radius 2 is 1.18 bits per heavy atom. The molecule has 0 bridgehead atoms. The second-order valence-electron chi connectivity index (χ2n) is 6.36. The van der Waals surface area contributed by atoms with E-state index < -0.39 is 0 Å². The lowest BCUT2D eigenvalue weighted by molar-refractivity contribution is 0.0730. The standard InChI is InChI=1S/C23H22BrNO3/c1-27-21-11-3-17(4-12-21)15-25(16-18-5-13-22(28-2)14-6-18)23(26)19-7-9-20(24)10-8-19/h3-14H,15-16H2,1-2H3. The fraction of sp³-hybridized carbons (Fsp3) is 0.174. The van der Waals surface area contributed by atoms with Gasteiger partial charge in [-0.15, -0.1) is 0 Å². The normalized spacial score (nSPS) is 10.4. The number of ether oxygens (including phenoxy) is 2. The fourth-order valence-electron chi connectivity index (χ4n) is 2.88. The van der Waals surface area contributed by atoms with Crippen LogP contribution in [0.25, 0.3) is 0 Å². The number of halogens is 1. The first-order chi connectivity index (χ1) is 13.6. The van der Waals surface area contributed by atoms with Crippen LogP contribution < -0.4 is 9.47 Å². The van der Waals surface area contributed by atoms with Crippen LogP contribution in [0.3, 0.4) is 0 Å². The van der Waals surface area contributed by atoms with Crippen LogP contribution in [0.2, 0.25) is 0 Å². The molecule has 0 spiro atoms. The van der Waals surface area contributed by atoms with Gasteiger partial charge in [0, 0.05) is 23.1 Å². The number of nitrogens with zero attached hydrogens (tertiary/aromatic N) is 1. The zero-order valence-electron chi connectivity index (χ0n) is 15.9. The summed E-state index contributed by atoms with van der Waals surface area (Å²) < 4.78 is 11.4. The van der Waals surface area contributed by atoms with Crippen LogP contribution in [-0.4, -0.2) is 25.0 Å². The number of methoxy groups -OCH3 is 2. The van der Waals surface area contributed by atoms with E-state index in [1.807, 2.05) is 77.7 Å². The van der Waals surface area contributed by atoms with Gasteiger partial charge >= 0.3 is 0 Å². The molecule has 1 amide bonds. The first-order valence-corrected chi connectivity index (χ1v) is 9.69. The van der Waals surface area contributed by atoms with Crippen molar-refractivity contribution in [2.24, 2.45) is 0 Å². The Labute approximate surface area is 173 Å². The Bertz CT molecular complexity index is 857. The Morgan fingerprint density at radius 3 is 1.57 bits per heavy atom. The first-order valence-electron chi connectivity index (χ1n) is 8.90. The van der Waals surface area contributed by atoms with Crippen molar-refractivity contribution in [2.45, 2.75) is 13.1 Å². The third-order valence-electron chi connectivity index (χ3n) is 4.44. The molecule has 0 aliphatic carbocycles. The summed E-state index contributed by atoms with van der Waals surface area (Å²) >= 11 is 3.42. The Kier molecular flexibility index (Phi) is 6.71. The van der Waals surface area contributed by atoms with E-state index in [0.717, 1.165) is 27.1 Å². The zero-order chi connectivity index (χ0) is 19.9. The van der Waals surface area contributed by atoms with Crippen molar-refractivity contribution < 1.29 is 14.3 Å². The summed E-state index contributed by atoms with van der Waals surface area (Å²) in [6.45, 7) is 1.01. The molecule has 3 aromatic rings. The van der Waals surface area contributed by atoms with Gasteiger partial charge in [0.25, 0.3) is 5.91 Å². The van der Waals surface area contributed by atoms with Gasteiger partial charge in [-0.2, -0.15) is 0 Å². The largest absolute Gasteiger partial charge is 0.497 e. The van der Waals surface area contributed by atoms with Crippen molar-refractivity contribution in [1.82, 2.24) is 4.90 Å². The Morgan fingerprint density at radius 1 is 0.750 bits per heavy atom. The smallest absolute Gasteiger partial charge is 0.254 e. The van der Waals surface area contributed by atoms with Crippen molar-refractivity contribution in [2.75, 3.05) is 14.2 Å². The van der Waals surface area contributed by atoms with Crippen LogP contribution in [-0.2, 0) is 13.1 Å². The van der Waals surface area contributed by atoms with Crippen LogP contribution in [0.1, 0.15) is 21.5 Å². The maximum absolute atomic E-state index is 13.2. The molecule has 0 heterocycles. The van der Waals surface area contributed by atoms with Crippen LogP contribution in [0.5, 0.6) is 11.5 Å². The molecule has 0 saturated carbocycles. The van der Waals surface area contributed by atoms with E-state index in [2.05, 4.69) is 15.9 Å². The maximum atomic E-state index is 13.2. The molecular weight excluding hydrogens is 418 g/mol. The number of hydrogen-bond donors (Lipinski definition) is 0. The van der Waals surface area contributed by atoms with E-state index in [9.17, 15) is 4.79 Å². The molecule has 3 rings (SSSR count). The number of carbonyl (C=O) groups is 1. The molecule has 0 radical (unpaired) electrons. The molecule has 4 nitrogen and oxygen atoms in total. The lowest BCUT2D eigenvalue weighted by Gasteiger charge is -2.23. The minimum atomic E-state index is -0.0147. The highest BCUT2D eigenvalue weighted by Crippen LogP contribution is 2.19. The third kappa shape index (κ3) is 5.14. The monoisotopic (exact) mass is 439 g/mol. The molecule has 3 aromatic carbocycles. The van der Waals surface area contributed by atoms with Gasteiger partial charge in [-0.05, 0) is 59.7 Å². The highest BCUT2D eigenvalue weighted by molar-refractivity contribution is 9.10. The minimum absolute atomic E-state index is 0.0147. The quantitative estimate of drug-likeness (QED) is 0.500. The molecule has 0 unspecified atom stereocenters. The molecule has 28 heavy (non-hydrogen) atoms. The highest BCUT2D eigenvalue weighted by atomic mass is 79.9. The average Bonchev–Trinajstić information content (AvgIpc) is 2.74.